The third-order valence-corrected chi connectivity index (χ3v) is 4.90. The molecule has 0 aliphatic carbocycles. The minimum absolute atomic E-state index is 0.161. The molecule has 0 unspecified atom stereocenters. The number of anilines is 2. The quantitative estimate of drug-likeness (QED) is 0.880. The smallest absolute Gasteiger partial charge is 0.223 e. The van der Waals surface area contributed by atoms with Gasteiger partial charge in [-0.3, -0.25) is 4.79 Å². The number of piperazine rings is 1. The molecule has 2 heterocycles. The van der Waals surface area contributed by atoms with Crippen molar-refractivity contribution >= 4 is 28.1 Å². The minimum Gasteiger partial charge on any atom is -0.497 e. The van der Waals surface area contributed by atoms with Crippen LogP contribution in [-0.2, 0) is 11.2 Å². The van der Waals surface area contributed by atoms with E-state index in [0.717, 1.165) is 42.6 Å². The van der Waals surface area contributed by atoms with E-state index >= 15 is 0 Å². The average Bonchev–Trinajstić information content (AvgIpc) is 3.05. The highest BCUT2D eigenvalue weighted by Crippen LogP contribution is 2.22. The molecular formula is C16H21N5O2S. The summed E-state index contributed by atoms with van der Waals surface area (Å²) in [6.07, 6.45) is 1.05. The molecule has 0 radical (unpaired) electrons. The van der Waals surface area contributed by atoms with Gasteiger partial charge in [-0.15, -0.1) is 10.2 Å². The summed E-state index contributed by atoms with van der Waals surface area (Å²) in [5.74, 6) is 1.01. The number of nitrogens with zero attached hydrogens (tertiary/aromatic N) is 4. The van der Waals surface area contributed by atoms with Gasteiger partial charge in [0.15, 0.2) is 0 Å². The number of aryl methyl sites for hydroxylation is 1. The molecule has 3 rings (SSSR count). The average molecular weight is 347 g/mol. The van der Waals surface area contributed by atoms with E-state index in [0.29, 0.717) is 18.0 Å². The van der Waals surface area contributed by atoms with E-state index in [2.05, 4.69) is 21.2 Å². The number of benzene rings is 1. The van der Waals surface area contributed by atoms with E-state index in [4.69, 9.17) is 10.5 Å². The van der Waals surface area contributed by atoms with Crippen LogP contribution in [0.15, 0.2) is 24.3 Å². The fourth-order valence-corrected chi connectivity index (χ4v) is 3.37. The van der Waals surface area contributed by atoms with Crippen LogP contribution in [0.3, 0.4) is 0 Å². The number of ether oxygens (including phenoxy) is 1. The van der Waals surface area contributed by atoms with Gasteiger partial charge in [0.05, 0.1) is 7.11 Å². The van der Waals surface area contributed by atoms with E-state index < -0.39 is 0 Å². The molecule has 8 heteroatoms. The molecule has 2 N–H and O–H groups in total. The van der Waals surface area contributed by atoms with E-state index in [9.17, 15) is 4.79 Å². The summed E-state index contributed by atoms with van der Waals surface area (Å²) in [5.41, 5.74) is 6.68. The van der Waals surface area contributed by atoms with Crippen LogP contribution < -0.4 is 15.4 Å². The first-order valence-electron chi connectivity index (χ1n) is 7.90. The van der Waals surface area contributed by atoms with Gasteiger partial charge in [0.2, 0.25) is 11.0 Å². The Morgan fingerprint density at radius 1 is 1.29 bits per heavy atom. The van der Waals surface area contributed by atoms with Gasteiger partial charge in [-0.1, -0.05) is 17.4 Å². The lowest BCUT2D eigenvalue weighted by Gasteiger charge is -2.36. The van der Waals surface area contributed by atoms with Crippen molar-refractivity contribution < 1.29 is 9.53 Å². The van der Waals surface area contributed by atoms with Gasteiger partial charge in [-0.2, -0.15) is 0 Å². The summed E-state index contributed by atoms with van der Waals surface area (Å²) in [5, 5.41) is 8.99. The predicted octanol–water partition coefficient (Wildman–Crippen LogP) is 1.41. The van der Waals surface area contributed by atoms with Gasteiger partial charge >= 0.3 is 0 Å². The Balaban J connectivity index is 1.49. The molecule has 1 amide bonds. The lowest BCUT2D eigenvalue weighted by atomic mass is 10.2. The molecule has 1 saturated heterocycles. The van der Waals surface area contributed by atoms with Crippen molar-refractivity contribution in [3.8, 4) is 5.75 Å². The van der Waals surface area contributed by atoms with Crippen LogP contribution in [-0.4, -0.2) is 54.3 Å². The van der Waals surface area contributed by atoms with Gasteiger partial charge in [0.1, 0.15) is 10.8 Å². The van der Waals surface area contributed by atoms with Gasteiger partial charge in [0.25, 0.3) is 0 Å². The zero-order chi connectivity index (χ0) is 16.9. The number of aromatic nitrogens is 2. The maximum atomic E-state index is 12.3. The molecule has 1 aliphatic rings. The summed E-state index contributed by atoms with van der Waals surface area (Å²) in [4.78, 5) is 16.5. The van der Waals surface area contributed by atoms with Crippen LogP contribution in [0.5, 0.6) is 5.75 Å². The number of nitrogens with two attached hydrogens (primary N) is 1. The molecule has 2 aromatic rings. The van der Waals surface area contributed by atoms with Crippen molar-refractivity contribution in [2.45, 2.75) is 12.8 Å². The van der Waals surface area contributed by atoms with Crippen LogP contribution in [0.1, 0.15) is 11.4 Å². The number of methoxy groups -OCH3 is 1. The van der Waals surface area contributed by atoms with Crippen molar-refractivity contribution in [1.29, 1.82) is 0 Å². The number of carbonyl (C=O) groups is 1. The topological polar surface area (TPSA) is 84.6 Å². The minimum atomic E-state index is 0.161. The molecule has 0 saturated carbocycles. The van der Waals surface area contributed by atoms with Gasteiger partial charge in [-0.25, -0.2) is 0 Å². The number of hydrogen-bond acceptors (Lipinski definition) is 7. The van der Waals surface area contributed by atoms with Crippen LogP contribution in [0.4, 0.5) is 10.8 Å². The SMILES string of the molecule is COc1cccc(N2CCN(C(=O)CCc3nnc(N)s3)CC2)c1. The molecule has 0 spiro atoms. The largest absolute Gasteiger partial charge is 0.497 e. The summed E-state index contributed by atoms with van der Waals surface area (Å²) >= 11 is 1.34. The summed E-state index contributed by atoms with van der Waals surface area (Å²) < 4.78 is 5.27. The Hall–Kier alpha value is -2.35. The fourth-order valence-electron chi connectivity index (χ4n) is 2.76. The molecular weight excluding hydrogens is 326 g/mol. The summed E-state index contributed by atoms with van der Waals surface area (Å²) in [6.45, 7) is 3.11. The van der Waals surface area contributed by atoms with Crippen molar-refractivity contribution in [2.75, 3.05) is 43.9 Å². The molecule has 0 bridgehead atoms. The molecule has 1 aromatic carbocycles. The van der Waals surface area contributed by atoms with Crippen LogP contribution in [0.2, 0.25) is 0 Å². The first-order chi connectivity index (χ1) is 11.7. The maximum absolute atomic E-state index is 12.3. The van der Waals surface area contributed by atoms with E-state index in [-0.39, 0.29) is 5.91 Å². The highest BCUT2D eigenvalue weighted by atomic mass is 32.1. The van der Waals surface area contributed by atoms with Crippen LogP contribution in [0.25, 0.3) is 0 Å². The van der Waals surface area contributed by atoms with Crippen LogP contribution in [0, 0.1) is 0 Å². The normalized spacial score (nSPS) is 14.7. The molecule has 0 atom stereocenters. The Bertz CT molecular complexity index is 697. The highest BCUT2D eigenvalue weighted by molar-refractivity contribution is 7.15. The number of amides is 1. The zero-order valence-corrected chi connectivity index (χ0v) is 14.5. The zero-order valence-electron chi connectivity index (χ0n) is 13.6. The fraction of sp³-hybridized carbons (Fsp3) is 0.438. The third-order valence-electron chi connectivity index (χ3n) is 4.09. The van der Waals surface area contributed by atoms with Gasteiger partial charge in [0, 0.05) is 50.8 Å². The maximum Gasteiger partial charge on any atom is 0.223 e. The first-order valence-corrected chi connectivity index (χ1v) is 8.72. The van der Waals surface area contributed by atoms with Crippen molar-refractivity contribution in [3.05, 3.63) is 29.3 Å². The number of nitrogen functional groups attached to an aromatic ring is 1. The van der Waals surface area contributed by atoms with E-state index in [1.807, 2.05) is 23.1 Å². The number of rotatable bonds is 5. The van der Waals surface area contributed by atoms with Crippen molar-refractivity contribution in [2.24, 2.45) is 0 Å². The summed E-state index contributed by atoms with van der Waals surface area (Å²) in [7, 11) is 1.67. The molecule has 1 aliphatic heterocycles. The van der Waals surface area contributed by atoms with Crippen molar-refractivity contribution in [1.82, 2.24) is 15.1 Å². The van der Waals surface area contributed by atoms with Gasteiger partial charge in [-0.05, 0) is 12.1 Å². The van der Waals surface area contributed by atoms with Gasteiger partial charge < -0.3 is 20.3 Å². The second-order valence-electron chi connectivity index (χ2n) is 5.60. The highest BCUT2D eigenvalue weighted by Gasteiger charge is 2.21. The predicted molar refractivity (Wildman–Crippen MR) is 94.4 cm³/mol. The summed E-state index contributed by atoms with van der Waals surface area (Å²) in [6, 6.07) is 8.01. The third kappa shape index (κ3) is 3.94. The molecule has 1 fully saturated rings. The number of carbonyl (C=O) groups excluding carboxylic acids is 1. The van der Waals surface area contributed by atoms with Crippen molar-refractivity contribution in [3.63, 3.8) is 0 Å². The Morgan fingerprint density at radius 3 is 2.75 bits per heavy atom. The second-order valence-corrected chi connectivity index (χ2v) is 6.70. The Kier molecular flexibility index (Phi) is 5.14. The monoisotopic (exact) mass is 347 g/mol. The molecule has 128 valence electrons. The molecule has 1 aromatic heterocycles. The number of hydrogen-bond donors (Lipinski definition) is 1. The van der Waals surface area contributed by atoms with E-state index in [1.54, 1.807) is 7.11 Å². The second kappa shape index (κ2) is 7.48. The lowest BCUT2D eigenvalue weighted by molar-refractivity contribution is -0.131. The molecule has 24 heavy (non-hydrogen) atoms. The standard InChI is InChI=1S/C16H21N5O2S/c1-23-13-4-2-3-12(11-13)20-7-9-21(10-8-20)15(22)6-5-14-18-19-16(17)24-14/h2-4,11H,5-10H2,1H3,(H2,17,19). The lowest BCUT2D eigenvalue weighted by Crippen LogP contribution is -2.48. The Labute approximate surface area is 145 Å². The Morgan fingerprint density at radius 2 is 2.08 bits per heavy atom. The van der Waals surface area contributed by atoms with E-state index in [1.165, 1.54) is 11.3 Å². The van der Waals surface area contributed by atoms with Crippen LogP contribution >= 0.6 is 11.3 Å². The molecule has 7 nitrogen and oxygen atoms in total. The first kappa shape index (κ1) is 16.5.